The Morgan fingerprint density at radius 2 is 2.19 bits per heavy atom. The monoisotopic (exact) mass is 244 g/mol. The third kappa shape index (κ3) is 4.64. The van der Waals surface area contributed by atoms with Crippen LogP contribution in [0.2, 0.25) is 0 Å². The summed E-state index contributed by atoms with van der Waals surface area (Å²) in [5.41, 5.74) is 0. The first-order valence-corrected chi connectivity index (χ1v) is 7.90. The third-order valence-electron chi connectivity index (χ3n) is 3.51. The molecule has 1 rings (SSSR count). The van der Waals surface area contributed by atoms with Gasteiger partial charge in [-0.25, -0.2) is 0 Å². The van der Waals surface area contributed by atoms with Gasteiger partial charge in [0.05, 0.1) is 0 Å². The zero-order valence-electron chi connectivity index (χ0n) is 11.3. The minimum atomic E-state index is 0.662. The lowest BCUT2D eigenvalue weighted by Gasteiger charge is -2.38. The second kappa shape index (κ2) is 7.57. The van der Waals surface area contributed by atoms with Gasteiger partial charge in [-0.15, -0.1) is 0 Å². The normalized spacial score (nSPS) is 29.2. The molecular weight excluding hydrogens is 216 g/mol. The minimum Gasteiger partial charge on any atom is -0.311 e. The average molecular weight is 244 g/mol. The molecule has 16 heavy (non-hydrogen) atoms. The van der Waals surface area contributed by atoms with Gasteiger partial charge in [0, 0.05) is 23.9 Å². The second-order valence-corrected chi connectivity index (χ2v) is 6.25. The molecule has 3 atom stereocenters. The van der Waals surface area contributed by atoms with Gasteiger partial charge in [0.1, 0.15) is 0 Å². The molecule has 0 amide bonds. The highest BCUT2D eigenvalue weighted by Crippen LogP contribution is 2.17. The molecule has 0 aliphatic carbocycles. The Hall–Kier alpha value is 0.270. The fourth-order valence-electron chi connectivity index (χ4n) is 2.59. The zero-order valence-corrected chi connectivity index (χ0v) is 12.1. The fraction of sp³-hybridized carbons (Fsp3) is 1.00. The van der Waals surface area contributed by atoms with Crippen molar-refractivity contribution in [3.63, 3.8) is 0 Å². The smallest absolute Gasteiger partial charge is 0.0132 e. The quantitative estimate of drug-likeness (QED) is 0.773. The minimum absolute atomic E-state index is 0.662. The van der Waals surface area contributed by atoms with Crippen LogP contribution in [0, 0.1) is 0 Å². The molecule has 0 spiro atoms. The molecule has 0 radical (unpaired) electrons. The summed E-state index contributed by atoms with van der Waals surface area (Å²) < 4.78 is 0. The summed E-state index contributed by atoms with van der Waals surface area (Å²) in [7, 11) is 0. The summed E-state index contributed by atoms with van der Waals surface area (Å²) in [6.45, 7) is 11.7. The molecule has 1 N–H and O–H groups in total. The molecule has 0 bridgehead atoms. The van der Waals surface area contributed by atoms with Crippen LogP contribution in [0.1, 0.15) is 40.5 Å². The summed E-state index contributed by atoms with van der Waals surface area (Å²) in [4.78, 5) is 2.59. The van der Waals surface area contributed by atoms with Crippen molar-refractivity contribution in [1.82, 2.24) is 10.2 Å². The van der Waals surface area contributed by atoms with Crippen LogP contribution in [0.15, 0.2) is 0 Å². The largest absolute Gasteiger partial charge is 0.311 e. The Balaban J connectivity index is 2.24. The Morgan fingerprint density at radius 3 is 2.75 bits per heavy atom. The predicted octanol–water partition coefficient (Wildman–Crippen LogP) is 2.59. The van der Waals surface area contributed by atoms with E-state index in [4.69, 9.17) is 0 Å². The predicted molar refractivity (Wildman–Crippen MR) is 75.3 cm³/mol. The maximum absolute atomic E-state index is 3.78. The van der Waals surface area contributed by atoms with E-state index >= 15 is 0 Å². The van der Waals surface area contributed by atoms with Gasteiger partial charge in [-0.2, -0.15) is 11.8 Å². The van der Waals surface area contributed by atoms with Crippen molar-refractivity contribution in [2.45, 2.75) is 58.7 Å². The maximum atomic E-state index is 3.78. The SMILES string of the molecule is CCSCC(C)NC1CCN(CC)C(C)C1. The van der Waals surface area contributed by atoms with Gasteiger partial charge < -0.3 is 10.2 Å². The topological polar surface area (TPSA) is 15.3 Å². The molecule has 2 nitrogen and oxygen atoms in total. The molecule has 1 saturated heterocycles. The maximum Gasteiger partial charge on any atom is 0.0132 e. The molecule has 0 aromatic rings. The molecule has 1 aliphatic rings. The molecule has 0 aromatic carbocycles. The van der Waals surface area contributed by atoms with Gasteiger partial charge in [-0.1, -0.05) is 13.8 Å². The van der Waals surface area contributed by atoms with Crippen LogP contribution < -0.4 is 5.32 Å². The van der Waals surface area contributed by atoms with Crippen LogP contribution in [0.5, 0.6) is 0 Å². The van der Waals surface area contributed by atoms with E-state index in [1.807, 2.05) is 11.8 Å². The van der Waals surface area contributed by atoms with Crippen molar-refractivity contribution >= 4 is 11.8 Å². The van der Waals surface area contributed by atoms with Gasteiger partial charge in [-0.05, 0) is 45.5 Å². The lowest BCUT2D eigenvalue weighted by molar-refractivity contribution is 0.140. The second-order valence-electron chi connectivity index (χ2n) is 4.93. The molecule has 3 heteroatoms. The van der Waals surface area contributed by atoms with Crippen molar-refractivity contribution in [2.75, 3.05) is 24.6 Å². The highest BCUT2D eigenvalue weighted by molar-refractivity contribution is 7.99. The van der Waals surface area contributed by atoms with Crippen LogP contribution in [0.3, 0.4) is 0 Å². The van der Waals surface area contributed by atoms with E-state index in [-0.39, 0.29) is 0 Å². The molecule has 0 aromatic heterocycles. The van der Waals surface area contributed by atoms with Crippen molar-refractivity contribution in [3.05, 3.63) is 0 Å². The van der Waals surface area contributed by atoms with E-state index in [0.717, 1.165) is 12.1 Å². The first-order chi connectivity index (χ1) is 7.67. The molecule has 1 heterocycles. The number of likely N-dealkylation sites (tertiary alicyclic amines) is 1. The van der Waals surface area contributed by atoms with E-state index in [1.165, 1.54) is 37.4 Å². The number of hydrogen-bond donors (Lipinski definition) is 1. The van der Waals surface area contributed by atoms with E-state index in [0.29, 0.717) is 6.04 Å². The molecule has 96 valence electrons. The number of nitrogens with zero attached hydrogens (tertiary/aromatic N) is 1. The van der Waals surface area contributed by atoms with Crippen LogP contribution in [-0.4, -0.2) is 47.6 Å². The van der Waals surface area contributed by atoms with E-state index in [2.05, 4.69) is 37.9 Å². The fourth-order valence-corrected chi connectivity index (χ4v) is 3.27. The zero-order chi connectivity index (χ0) is 12.0. The summed E-state index contributed by atoms with van der Waals surface area (Å²) in [6, 6.07) is 2.16. The lowest BCUT2D eigenvalue weighted by Crippen LogP contribution is -2.49. The van der Waals surface area contributed by atoms with Crippen LogP contribution in [0.25, 0.3) is 0 Å². The highest BCUT2D eigenvalue weighted by Gasteiger charge is 2.24. The van der Waals surface area contributed by atoms with Gasteiger partial charge >= 0.3 is 0 Å². The van der Waals surface area contributed by atoms with Crippen molar-refractivity contribution < 1.29 is 0 Å². The standard InChI is InChI=1S/C13H28N2S/c1-5-15-8-7-13(9-12(15)4)14-11(3)10-16-6-2/h11-14H,5-10H2,1-4H3. The van der Waals surface area contributed by atoms with Crippen LogP contribution >= 0.6 is 11.8 Å². The van der Waals surface area contributed by atoms with Gasteiger partial charge in [0.25, 0.3) is 0 Å². The van der Waals surface area contributed by atoms with Crippen molar-refractivity contribution in [3.8, 4) is 0 Å². The molecule has 1 aliphatic heterocycles. The number of nitrogens with one attached hydrogen (secondary N) is 1. The Kier molecular flexibility index (Phi) is 6.78. The van der Waals surface area contributed by atoms with Gasteiger partial charge in [0.2, 0.25) is 0 Å². The average Bonchev–Trinajstić information content (AvgIpc) is 2.26. The Bertz CT molecular complexity index is 187. The summed E-state index contributed by atoms with van der Waals surface area (Å²) in [5, 5.41) is 3.78. The molecule has 1 fully saturated rings. The molecule has 0 saturated carbocycles. The lowest BCUT2D eigenvalue weighted by atomic mass is 9.98. The number of hydrogen-bond acceptors (Lipinski definition) is 3. The van der Waals surface area contributed by atoms with Gasteiger partial charge in [0.15, 0.2) is 0 Å². The first-order valence-electron chi connectivity index (χ1n) is 6.75. The van der Waals surface area contributed by atoms with Crippen LogP contribution in [-0.2, 0) is 0 Å². The number of piperidine rings is 1. The van der Waals surface area contributed by atoms with E-state index in [9.17, 15) is 0 Å². The summed E-state index contributed by atoms with van der Waals surface area (Å²) in [5.74, 6) is 2.48. The van der Waals surface area contributed by atoms with Crippen molar-refractivity contribution in [2.24, 2.45) is 0 Å². The Morgan fingerprint density at radius 1 is 1.44 bits per heavy atom. The van der Waals surface area contributed by atoms with Crippen LogP contribution in [0.4, 0.5) is 0 Å². The number of rotatable bonds is 6. The van der Waals surface area contributed by atoms with E-state index < -0.39 is 0 Å². The number of thioether (sulfide) groups is 1. The first kappa shape index (κ1) is 14.3. The molecule has 3 unspecified atom stereocenters. The highest BCUT2D eigenvalue weighted by atomic mass is 32.2. The molecular formula is C13H28N2S. The van der Waals surface area contributed by atoms with Crippen molar-refractivity contribution in [1.29, 1.82) is 0 Å². The summed E-state index contributed by atoms with van der Waals surface area (Å²) >= 11 is 2.04. The summed E-state index contributed by atoms with van der Waals surface area (Å²) in [6.07, 6.45) is 2.63. The van der Waals surface area contributed by atoms with E-state index in [1.54, 1.807) is 0 Å². The Labute approximate surface area is 106 Å². The third-order valence-corrected chi connectivity index (χ3v) is 4.66. The van der Waals surface area contributed by atoms with Gasteiger partial charge in [-0.3, -0.25) is 0 Å².